The van der Waals surface area contributed by atoms with Crippen molar-refractivity contribution in [3.63, 3.8) is 0 Å². The summed E-state index contributed by atoms with van der Waals surface area (Å²) in [4.78, 5) is 21.2. The molecule has 4 heterocycles. The van der Waals surface area contributed by atoms with Gasteiger partial charge in [0.2, 0.25) is 0 Å². The van der Waals surface area contributed by atoms with E-state index < -0.39 is 0 Å². The van der Waals surface area contributed by atoms with Gasteiger partial charge in [0.1, 0.15) is 0 Å². The summed E-state index contributed by atoms with van der Waals surface area (Å²) in [7, 11) is 0. The van der Waals surface area contributed by atoms with Crippen molar-refractivity contribution in [3.05, 3.63) is 219 Å². The molecule has 290 valence electrons. The van der Waals surface area contributed by atoms with Crippen molar-refractivity contribution in [2.75, 3.05) is 0 Å². The lowest BCUT2D eigenvalue weighted by molar-refractivity contribution is 1.06. The number of hydrogen-bond donors (Lipinski definition) is 0. The molecule has 0 radical (unpaired) electrons. The van der Waals surface area contributed by atoms with Crippen molar-refractivity contribution in [1.29, 1.82) is 0 Å². The van der Waals surface area contributed by atoms with E-state index in [1.54, 1.807) is 0 Å². The maximum absolute atomic E-state index is 5.56. The van der Waals surface area contributed by atoms with Crippen LogP contribution in [0.1, 0.15) is 0 Å². The van der Waals surface area contributed by atoms with Crippen LogP contribution >= 0.6 is 0 Å². The van der Waals surface area contributed by atoms with Crippen molar-refractivity contribution < 1.29 is 0 Å². The highest BCUT2D eigenvalue weighted by molar-refractivity contribution is 6.11. The minimum atomic E-state index is 0.557. The standard InChI is InChI=1S/C56H36N6/c1-3-19-37(20-4-1)39-27-17-29-45(52(39)61-48-32-11-7-23-40(48)41-24-8-12-33-49(41)61)55-58-54(38-21-5-2-6-22-38)59-56(60-55)46-30-18-28-44(47-31-15-16-36-57-47)53(46)62-50-34-13-9-25-42(50)43-26-10-14-35-51(43)62/h1-36H. The Hall–Kier alpha value is -8.48. The molecule has 8 aromatic carbocycles. The molecule has 0 fully saturated rings. The predicted molar refractivity (Wildman–Crippen MR) is 253 cm³/mol. The first-order valence-corrected chi connectivity index (χ1v) is 20.8. The molecule has 0 bridgehead atoms. The van der Waals surface area contributed by atoms with Crippen LogP contribution in [0.15, 0.2) is 219 Å². The molecule has 0 aliphatic heterocycles. The van der Waals surface area contributed by atoms with E-state index >= 15 is 0 Å². The Morgan fingerprint density at radius 1 is 0.274 bits per heavy atom. The minimum Gasteiger partial charge on any atom is -0.308 e. The lowest BCUT2D eigenvalue weighted by atomic mass is 9.98. The van der Waals surface area contributed by atoms with E-state index in [1.165, 1.54) is 21.5 Å². The van der Waals surface area contributed by atoms with Crippen LogP contribution in [-0.2, 0) is 0 Å². The van der Waals surface area contributed by atoms with E-state index in [2.05, 4.69) is 191 Å². The smallest absolute Gasteiger partial charge is 0.166 e. The molecule has 0 amide bonds. The molecule has 6 heteroatoms. The number of fused-ring (bicyclic) bond motifs is 6. The number of aromatic nitrogens is 6. The Bertz CT molecular complexity index is 3300. The summed E-state index contributed by atoms with van der Waals surface area (Å²) in [5.41, 5.74) is 13.0. The van der Waals surface area contributed by atoms with Crippen molar-refractivity contribution in [2.45, 2.75) is 0 Å². The number of rotatable bonds is 7. The normalized spacial score (nSPS) is 11.5. The largest absolute Gasteiger partial charge is 0.308 e. The molecule has 0 atom stereocenters. The van der Waals surface area contributed by atoms with Crippen LogP contribution in [0.4, 0.5) is 0 Å². The van der Waals surface area contributed by atoms with E-state index in [-0.39, 0.29) is 0 Å². The number of hydrogen-bond acceptors (Lipinski definition) is 4. The summed E-state index contributed by atoms with van der Waals surface area (Å²) >= 11 is 0. The van der Waals surface area contributed by atoms with Crippen LogP contribution in [0.2, 0.25) is 0 Å². The van der Waals surface area contributed by atoms with E-state index in [1.807, 2.05) is 36.5 Å². The lowest BCUT2D eigenvalue weighted by Gasteiger charge is -2.20. The van der Waals surface area contributed by atoms with Crippen molar-refractivity contribution >= 4 is 43.6 Å². The van der Waals surface area contributed by atoms with E-state index in [0.717, 1.165) is 72.5 Å². The van der Waals surface area contributed by atoms with Gasteiger partial charge in [-0.25, -0.2) is 15.0 Å². The Morgan fingerprint density at radius 3 is 1.15 bits per heavy atom. The van der Waals surface area contributed by atoms with Gasteiger partial charge in [-0.3, -0.25) is 4.98 Å². The topological polar surface area (TPSA) is 61.4 Å². The van der Waals surface area contributed by atoms with Gasteiger partial charge < -0.3 is 9.13 Å². The summed E-state index contributed by atoms with van der Waals surface area (Å²) in [6, 6.07) is 74.2. The second-order valence-electron chi connectivity index (χ2n) is 15.4. The van der Waals surface area contributed by atoms with Gasteiger partial charge in [-0.1, -0.05) is 164 Å². The lowest BCUT2D eigenvalue weighted by Crippen LogP contribution is -2.07. The van der Waals surface area contributed by atoms with Crippen LogP contribution in [0.3, 0.4) is 0 Å². The first-order valence-electron chi connectivity index (χ1n) is 20.8. The molecular weight excluding hydrogens is 757 g/mol. The van der Waals surface area contributed by atoms with Crippen molar-refractivity contribution in [3.8, 4) is 67.9 Å². The zero-order chi connectivity index (χ0) is 41.0. The van der Waals surface area contributed by atoms with Gasteiger partial charge >= 0.3 is 0 Å². The molecule has 0 spiro atoms. The quantitative estimate of drug-likeness (QED) is 0.161. The monoisotopic (exact) mass is 792 g/mol. The molecule has 12 rings (SSSR count). The third-order valence-electron chi connectivity index (χ3n) is 11.9. The number of para-hydroxylation sites is 6. The highest BCUT2D eigenvalue weighted by Crippen LogP contribution is 2.43. The fraction of sp³-hybridized carbons (Fsp3) is 0. The second kappa shape index (κ2) is 14.7. The molecule has 4 aromatic heterocycles. The molecule has 0 saturated carbocycles. The van der Waals surface area contributed by atoms with Gasteiger partial charge in [0.05, 0.1) is 39.1 Å². The van der Waals surface area contributed by atoms with Gasteiger partial charge in [0.15, 0.2) is 17.5 Å². The van der Waals surface area contributed by atoms with Crippen molar-refractivity contribution in [1.82, 2.24) is 29.1 Å². The Kier molecular flexibility index (Phi) is 8.38. The Labute approximate surface area is 357 Å². The zero-order valence-corrected chi connectivity index (χ0v) is 33.5. The fourth-order valence-electron chi connectivity index (χ4n) is 9.17. The van der Waals surface area contributed by atoms with Gasteiger partial charge in [-0.15, -0.1) is 0 Å². The predicted octanol–water partition coefficient (Wildman–Crippen LogP) is 13.8. The molecule has 0 aliphatic rings. The summed E-state index contributed by atoms with van der Waals surface area (Å²) in [5, 5.41) is 4.69. The average Bonchev–Trinajstić information content (AvgIpc) is 3.87. The van der Waals surface area contributed by atoms with Crippen LogP contribution in [0.5, 0.6) is 0 Å². The minimum absolute atomic E-state index is 0.557. The third kappa shape index (κ3) is 5.73. The first kappa shape index (κ1) is 35.5. The summed E-state index contributed by atoms with van der Waals surface area (Å²) in [5.74, 6) is 1.71. The highest BCUT2D eigenvalue weighted by Gasteiger charge is 2.25. The van der Waals surface area contributed by atoms with Crippen LogP contribution in [0, 0.1) is 0 Å². The third-order valence-corrected chi connectivity index (χ3v) is 11.9. The average molecular weight is 793 g/mol. The van der Waals surface area contributed by atoms with Crippen LogP contribution < -0.4 is 0 Å². The molecule has 0 saturated heterocycles. The number of benzene rings is 8. The Balaban J connectivity index is 1.21. The van der Waals surface area contributed by atoms with E-state index in [9.17, 15) is 0 Å². The number of pyridine rings is 1. The highest BCUT2D eigenvalue weighted by atomic mass is 15.1. The van der Waals surface area contributed by atoms with Crippen LogP contribution in [0.25, 0.3) is 112 Å². The van der Waals surface area contributed by atoms with Gasteiger partial charge in [-0.05, 0) is 54.1 Å². The van der Waals surface area contributed by atoms with Crippen molar-refractivity contribution in [2.24, 2.45) is 0 Å². The summed E-state index contributed by atoms with van der Waals surface area (Å²) in [6.07, 6.45) is 1.85. The van der Waals surface area contributed by atoms with Gasteiger partial charge in [0, 0.05) is 55.6 Å². The molecule has 0 unspecified atom stereocenters. The van der Waals surface area contributed by atoms with Crippen LogP contribution in [-0.4, -0.2) is 29.1 Å². The second-order valence-corrected chi connectivity index (χ2v) is 15.4. The fourth-order valence-corrected chi connectivity index (χ4v) is 9.17. The molecule has 0 N–H and O–H groups in total. The number of nitrogens with zero attached hydrogens (tertiary/aromatic N) is 6. The SMILES string of the molecule is c1ccc(-c2nc(-c3cccc(-c4ccccc4)c3-n3c4ccccc4c4ccccc43)nc(-c3cccc(-c4ccccn4)c3-n3c4ccccc4c4ccccc43)n2)cc1. The summed E-state index contributed by atoms with van der Waals surface area (Å²) < 4.78 is 4.74. The maximum Gasteiger partial charge on any atom is 0.166 e. The van der Waals surface area contributed by atoms with Gasteiger partial charge in [0.25, 0.3) is 0 Å². The molecule has 12 aromatic rings. The van der Waals surface area contributed by atoms with Gasteiger partial charge in [-0.2, -0.15) is 0 Å². The Morgan fingerprint density at radius 2 is 0.661 bits per heavy atom. The molecule has 62 heavy (non-hydrogen) atoms. The maximum atomic E-state index is 5.56. The molecule has 6 nitrogen and oxygen atoms in total. The van der Waals surface area contributed by atoms with E-state index in [4.69, 9.17) is 19.9 Å². The van der Waals surface area contributed by atoms with E-state index in [0.29, 0.717) is 17.5 Å². The molecule has 0 aliphatic carbocycles. The zero-order valence-electron chi connectivity index (χ0n) is 33.5. The molecular formula is C56H36N6. The first-order chi connectivity index (χ1) is 30.8. The summed E-state index contributed by atoms with van der Waals surface area (Å²) in [6.45, 7) is 0.